The summed E-state index contributed by atoms with van der Waals surface area (Å²) in [6, 6.07) is 16.0. The van der Waals surface area contributed by atoms with Gasteiger partial charge in [0.05, 0.1) is 11.5 Å². The van der Waals surface area contributed by atoms with Gasteiger partial charge in [0.15, 0.2) is 21.3 Å². The number of Topliss-reactive ketones (excluding diaryl/α,β-unsaturated/α-hetero) is 1. The van der Waals surface area contributed by atoms with Crippen LogP contribution in [0.1, 0.15) is 36.2 Å². The number of aromatic nitrogens is 3. The maximum Gasteiger partial charge on any atom is 0.247 e. The summed E-state index contributed by atoms with van der Waals surface area (Å²) in [5, 5.41) is 7.68. The van der Waals surface area contributed by atoms with Gasteiger partial charge < -0.3 is 5.32 Å². The normalized spacial score (nSPS) is 16.4. The van der Waals surface area contributed by atoms with Crippen molar-refractivity contribution in [2.24, 2.45) is 5.92 Å². The van der Waals surface area contributed by atoms with Gasteiger partial charge >= 0.3 is 0 Å². The SMILES string of the molecule is CCC(C)C(=O)c1ccc(Nc2nc3c(-c4ccc(CN5CCS(=O)(=O)CC5)c(F)c4)cccn3n2)cc1. The fourth-order valence-electron chi connectivity index (χ4n) is 4.49. The van der Waals surface area contributed by atoms with Crippen molar-refractivity contribution in [1.29, 1.82) is 0 Å². The third kappa shape index (κ3) is 5.61. The molecule has 198 valence electrons. The molecule has 10 heteroatoms. The summed E-state index contributed by atoms with van der Waals surface area (Å²) in [6.45, 7) is 5.11. The van der Waals surface area contributed by atoms with E-state index in [0.717, 1.165) is 17.7 Å². The van der Waals surface area contributed by atoms with Gasteiger partial charge in [-0.05, 0) is 54.4 Å². The number of anilines is 2. The van der Waals surface area contributed by atoms with E-state index >= 15 is 4.39 Å². The van der Waals surface area contributed by atoms with E-state index in [1.54, 1.807) is 28.9 Å². The van der Waals surface area contributed by atoms with E-state index in [9.17, 15) is 13.2 Å². The van der Waals surface area contributed by atoms with E-state index in [1.165, 1.54) is 6.07 Å². The number of nitrogens with one attached hydrogen (secondary N) is 1. The minimum atomic E-state index is -2.98. The molecule has 1 atom stereocenters. The Hall–Kier alpha value is -3.63. The minimum Gasteiger partial charge on any atom is -0.323 e. The topological polar surface area (TPSA) is 96.7 Å². The van der Waals surface area contributed by atoms with Gasteiger partial charge in [0.25, 0.3) is 0 Å². The van der Waals surface area contributed by atoms with Crippen LogP contribution < -0.4 is 5.32 Å². The molecule has 1 saturated heterocycles. The number of hydrogen-bond acceptors (Lipinski definition) is 7. The first kappa shape index (κ1) is 26.0. The number of halogens is 1. The molecule has 38 heavy (non-hydrogen) atoms. The highest BCUT2D eigenvalue weighted by atomic mass is 32.2. The highest BCUT2D eigenvalue weighted by Crippen LogP contribution is 2.27. The molecule has 2 aromatic heterocycles. The third-order valence-electron chi connectivity index (χ3n) is 7.04. The number of nitrogens with zero attached hydrogens (tertiary/aromatic N) is 4. The first-order valence-corrected chi connectivity index (χ1v) is 14.5. The van der Waals surface area contributed by atoms with Crippen LogP contribution in [0.2, 0.25) is 0 Å². The molecule has 0 saturated carbocycles. The van der Waals surface area contributed by atoms with E-state index in [1.807, 2.05) is 49.1 Å². The van der Waals surface area contributed by atoms with Crippen molar-refractivity contribution in [3.8, 4) is 11.1 Å². The summed E-state index contributed by atoms with van der Waals surface area (Å²) in [5.41, 5.74) is 3.93. The molecule has 0 radical (unpaired) electrons. The molecule has 1 aliphatic rings. The first-order chi connectivity index (χ1) is 18.2. The van der Waals surface area contributed by atoms with Crippen LogP contribution in [0.25, 0.3) is 16.8 Å². The number of fused-ring (bicyclic) bond motifs is 1. The molecular weight excluding hydrogens is 505 g/mol. The fourth-order valence-corrected chi connectivity index (χ4v) is 5.77. The third-order valence-corrected chi connectivity index (χ3v) is 8.65. The molecule has 4 aromatic rings. The summed E-state index contributed by atoms with van der Waals surface area (Å²) < 4.78 is 40.0. The number of hydrogen-bond donors (Lipinski definition) is 1. The molecule has 0 amide bonds. The Morgan fingerprint density at radius 2 is 1.84 bits per heavy atom. The summed E-state index contributed by atoms with van der Waals surface area (Å²) >= 11 is 0. The Bertz CT molecular complexity index is 1570. The van der Waals surface area contributed by atoms with Crippen molar-refractivity contribution in [3.63, 3.8) is 0 Å². The number of rotatable bonds is 8. The average Bonchev–Trinajstić information content (AvgIpc) is 3.33. The van der Waals surface area contributed by atoms with Crippen LogP contribution in [0.15, 0.2) is 60.8 Å². The van der Waals surface area contributed by atoms with E-state index in [4.69, 9.17) is 0 Å². The Kier molecular flexibility index (Phi) is 7.27. The van der Waals surface area contributed by atoms with Gasteiger partial charge in [0, 0.05) is 54.1 Å². The van der Waals surface area contributed by atoms with Crippen molar-refractivity contribution >= 4 is 32.9 Å². The molecule has 3 heterocycles. The van der Waals surface area contributed by atoms with Crippen LogP contribution in [0.3, 0.4) is 0 Å². The quantitative estimate of drug-likeness (QED) is 0.326. The highest BCUT2D eigenvalue weighted by molar-refractivity contribution is 7.91. The van der Waals surface area contributed by atoms with Gasteiger partial charge in [0.1, 0.15) is 5.82 Å². The van der Waals surface area contributed by atoms with Crippen LogP contribution >= 0.6 is 0 Å². The maximum absolute atomic E-state index is 15.1. The molecule has 0 aliphatic carbocycles. The standard InChI is InChI=1S/C28H30FN5O3S/c1-3-19(2)26(35)20-8-10-23(11-9-20)30-28-31-27-24(5-4-12-34(27)32-28)21-6-7-22(25(29)17-21)18-33-13-15-38(36,37)16-14-33/h4-12,17,19H,3,13-16,18H2,1-2H3,(H,30,32). The molecule has 8 nitrogen and oxygen atoms in total. The Balaban J connectivity index is 1.34. The smallest absolute Gasteiger partial charge is 0.247 e. The van der Waals surface area contributed by atoms with E-state index in [0.29, 0.717) is 47.9 Å². The Morgan fingerprint density at radius 3 is 2.53 bits per heavy atom. The van der Waals surface area contributed by atoms with Crippen molar-refractivity contribution in [1.82, 2.24) is 19.5 Å². The van der Waals surface area contributed by atoms with Gasteiger partial charge in [0.2, 0.25) is 5.95 Å². The lowest BCUT2D eigenvalue weighted by Crippen LogP contribution is -2.39. The Morgan fingerprint density at radius 1 is 1.11 bits per heavy atom. The van der Waals surface area contributed by atoms with Crippen LogP contribution in [0.5, 0.6) is 0 Å². The van der Waals surface area contributed by atoms with Crippen LogP contribution in [0.4, 0.5) is 16.0 Å². The Labute approximate surface area is 221 Å². The van der Waals surface area contributed by atoms with E-state index < -0.39 is 9.84 Å². The lowest BCUT2D eigenvalue weighted by molar-refractivity contribution is 0.0927. The maximum atomic E-state index is 15.1. The van der Waals surface area contributed by atoms with Crippen molar-refractivity contribution in [2.45, 2.75) is 26.8 Å². The molecule has 0 spiro atoms. The summed E-state index contributed by atoms with van der Waals surface area (Å²) in [4.78, 5) is 19.0. The zero-order chi connectivity index (χ0) is 26.9. The summed E-state index contributed by atoms with van der Waals surface area (Å²) in [7, 11) is -2.98. The zero-order valence-electron chi connectivity index (χ0n) is 21.4. The number of carbonyl (C=O) groups is 1. The van der Waals surface area contributed by atoms with Crippen molar-refractivity contribution in [2.75, 3.05) is 29.9 Å². The fraction of sp³-hybridized carbons (Fsp3) is 0.321. The first-order valence-electron chi connectivity index (χ1n) is 12.7. The van der Waals surface area contributed by atoms with Gasteiger partial charge in [-0.15, -0.1) is 5.10 Å². The van der Waals surface area contributed by atoms with E-state index in [-0.39, 0.29) is 29.0 Å². The average molecular weight is 536 g/mol. The highest BCUT2D eigenvalue weighted by Gasteiger charge is 2.22. The molecule has 2 aromatic carbocycles. The van der Waals surface area contributed by atoms with Crippen LogP contribution in [-0.4, -0.2) is 58.3 Å². The molecule has 5 rings (SSSR count). The van der Waals surface area contributed by atoms with Crippen molar-refractivity contribution in [3.05, 3.63) is 77.7 Å². The zero-order valence-corrected chi connectivity index (χ0v) is 22.2. The molecule has 0 bridgehead atoms. The lowest BCUT2D eigenvalue weighted by atomic mass is 9.97. The number of sulfone groups is 1. The monoisotopic (exact) mass is 535 g/mol. The number of benzene rings is 2. The van der Waals surface area contributed by atoms with E-state index in [2.05, 4.69) is 15.4 Å². The minimum absolute atomic E-state index is 0.0187. The predicted octanol–water partition coefficient (Wildman–Crippen LogP) is 4.74. The molecule has 1 fully saturated rings. The second kappa shape index (κ2) is 10.6. The second-order valence-electron chi connectivity index (χ2n) is 9.74. The van der Waals surface area contributed by atoms with Gasteiger partial charge in [-0.1, -0.05) is 26.0 Å². The number of ketones is 1. The molecule has 1 N–H and O–H groups in total. The largest absolute Gasteiger partial charge is 0.323 e. The second-order valence-corrected chi connectivity index (χ2v) is 12.0. The number of pyridine rings is 1. The number of carbonyl (C=O) groups excluding carboxylic acids is 1. The summed E-state index contributed by atoms with van der Waals surface area (Å²) in [5.74, 6) is 0.362. The molecular formula is C28H30FN5O3S. The van der Waals surface area contributed by atoms with Gasteiger partial charge in [-0.2, -0.15) is 4.98 Å². The molecule has 1 aliphatic heterocycles. The predicted molar refractivity (Wildman–Crippen MR) is 146 cm³/mol. The van der Waals surface area contributed by atoms with Crippen molar-refractivity contribution < 1.29 is 17.6 Å². The molecule has 1 unspecified atom stereocenters. The van der Waals surface area contributed by atoms with Gasteiger partial charge in [-0.25, -0.2) is 17.3 Å². The lowest BCUT2D eigenvalue weighted by Gasteiger charge is -2.26. The van der Waals surface area contributed by atoms with Crippen LogP contribution in [-0.2, 0) is 16.4 Å². The summed E-state index contributed by atoms with van der Waals surface area (Å²) in [6.07, 6.45) is 2.57. The van der Waals surface area contributed by atoms with Crippen LogP contribution in [0, 0.1) is 11.7 Å². The van der Waals surface area contributed by atoms with Gasteiger partial charge in [-0.3, -0.25) is 9.69 Å².